The average molecular weight is 300 g/mol. The largest absolute Gasteiger partial charge is 0.444 e. The molecule has 0 bridgehead atoms. The predicted octanol–water partition coefficient (Wildman–Crippen LogP) is 1.78. The molecule has 0 saturated carbocycles. The third-order valence-corrected chi connectivity index (χ3v) is 3.16. The molecule has 0 aromatic heterocycles. The Kier molecular flexibility index (Phi) is 6.01. The molecule has 0 aromatic carbocycles. The summed E-state index contributed by atoms with van der Waals surface area (Å²) in [7, 11) is 0. The van der Waals surface area contributed by atoms with E-state index in [1.165, 1.54) is 0 Å². The topological polar surface area (TPSA) is 67.9 Å². The van der Waals surface area contributed by atoms with Crippen LogP contribution in [-0.2, 0) is 14.3 Å². The molecule has 21 heavy (non-hydrogen) atoms. The SMILES string of the molecule is CC1CN(C(=O)C(NC(=O)OC(C)(C)C)C(C)C)CCO1. The Morgan fingerprint density at radius 2 is 1.95 bits per heavy atom. The van der Waals surface area contributed by atoms with Gasteiger partial charge in [0.25, 0.3) is 0 Å². The molecule has 1 rings (SSSR count). The zero-order valence-corrected chi connectivity index (χ0v) is 13.9. The Balaban J connectivity index is 2.68. The van der Waals surface area contributed by atoms with Crippen molar-refractivity contribution in [3.63, 3.8) is 0 Å². The van der Waals surface area contributed by atoms with Gasteiger partial charge in [0.1, 0.15) is 11.6 Å². The third kappa shape index (κ3) is 5.91. The minimum Gasteiger partial charge on any atom is -0.444 e. The summed E-state index contributed by atoms with van der Waals surface area (Å²) in [6, 6.07) is -0.579. The monoisotopic (exact) mass is 300 g/mol. The summed E-state index contributed by atoms with van der Waals surface area (Å²) in [6.07, 6.45) is -0.534. The van der Waals surface area contributed by atoms with E-state index < -0.39 is 17.7 Å². The molecule has 0 spiro atoms. The lowest BCUT2D eigenvalue weighted by Gasteiger charge is -2.35. The van der Waals surface area contributed by atoms with Crippen molar-refractivity contribution in [2.45, 2.75) is 59.3 Å². The zero-order valence-electron chi connectivity index (χ0n) is 13.9. The van der Waals surface area contributed by atoms with Gasteiger partial charge in [-0.05, 0) is 33.6 Å². The van der Waals surface area contributed by atoms with Crippen molar-refractivity contribution < 1.29 is 19.1 Å². The fourth-order valence-corrected chi connectivity index (χ4v) is 2.16. The van der Waals surface area contributed by atoms with Gasteiger partial charge in [-0.1, -0.05) is 13.8 Å². The van der Waals surface area contributed by atoms with E-state index in [2.05, 4.69) is 5.32 Å². The first kappa shape index (κ1) is 17.8. The normalized spacial score (nSPS) is 21.1. The number of hydrogen-bond acceptors (Lipinski definition) is 4. The molecular weight excluding hydrogens is 272 g/mol. The first-order valence-electron chi connectivity index (χ1n) is 7.50. The Hall–Kier alpha value is -1.30. The summed E-state index contributed by atoms with van der Waals surface area (Å²) in [4.78, 5) is 26.2. The van der Waals surface area contributed by atoms with E-state index in [1.807, 2.05) is 20.8 Å². The van der Waals surface area contributed by atoms with Crippen LogP contribution in [0.1, 0.15) is 41.5 Å². The van der Waals surface area contributed by atoms with E-state index in [-0.39, 0.29) is 17.9 Å². The molecule has 1 N–H and O–H groups in total. The van der Waals surface area contributed by atoms with Crippen LogP contribution in [0.25, 0.3) is 0 Å². The van der Waals surface area contributed by atoms with E-state index in [0.29, 0.717) is 19.7 Å². The highest BCUT2D eigenvalue weighted by atomic mass is 16.6. The van der Waals surface area contributed by atoms with Crippen molar-refractivity contribution in [3.8, 4) is 0 Å². The number of carbonyl (C=O) groups excluding carboxylic acids is 2. The summed E-state index contributed by atoms with van der Waals surface area (Å²) in [5, 5.41) is 2.69. The van der Waals surface area contributed by atoms with Crippen LogP contribution in [0.3, 0.4) is 0 Å². The highest BCUT2D eigenvalue weighted by Gasteiger charge is 2.32. The number of alkyl carbamates (subject to hydrolysis) is 1. The van der Waals surface area contributed by atoms with Gasteiger partial charge in [-0.2, -0.15) is 0 Å². The summed E-state index contributed by atoms with van der Waals surface area (Å²) in [5.74, 6) is -0.0887. The van der Waals surface area contributed by atoms with Crippen LogP contribution < -0.4 is 5.32 Å². The molecule has 2 atom stereocenters. The molecule has 122 valence electrons. The first-order valence-corrected chi connectivity index (χ1v) is 7.50. The van der Waals surface area contributed by atoms with E-state index in [4.69, 9.17) is 9.47 Å². The summed E-state index contributed by atoms with van der Waals surface area (Å²) < 4.78 is 10.7. The smallest absolute Gasteiger partial charge is 0.408 e. The van der Waals surface area contributed by atoms with Gasteiger partial charge in [0, 0.05) is 13.1 Å². The van der Waals surface area contributed by atoms with Gasteiger partial charge in [0.05, 0.1) is 12.7 Å². The zero-order chi connectivity index (χ0) is 16.2. The lowest BCUT2D eigenvalue weighted by Crippen LogP contribution is -2.55. The highest BCUT2D eigenvalue weighted by Crippen LogP contribution is 2.13. The molecule has 1 aliphatic heterocycles. The van der Waals surface area contributed by atoms with Gasteiger partial charge in [-0.3, -0.25) is 4.79 Å². The second kappa shape index (κ2) is 7.11. The van der Waals surface area contributed by atoms with Crippen LogP contribution >= 0.6 is 0 Å². The van der Waals surface area contributed by atoms with Crippen LogP contribution in [0, 0.1) is 5.92 Å². The van der Waals surface area contributed by atoms with Gasteiger partial charge in [-0.15, -0.1) is 0 Å². The number of nitrogens with zero attached hydrogens (tertiary/aromatic N) is 1. The van der Waals surface area contributed by atoms with Crippen molar-refractivity contribution in [3.05, 3.63) is 0 Å². The van der Waals surface area contributed by atoms with E-state index in [9.17, 15) is 9.59 Å². The van der Waals surface area contributed by atoms with Gasteiger partial charge in [0.2, 0.25) is 5.91 Å². The number of morpholine rings is 1. The van der Waals surface area contributed by atoms with Crippen LogP contribution in [0.4, 0.5) is 4.79 Å². The number of amides is 2. The van der Waals surface area contributed by atoms with Gasteiger partial charge in [0.15, 0.2) is 0 Å². The van der Waals surface area contributed by atoms with Crippen LogP contribution in [0.2, 0.25) is 0 Å². The Bertz CT molecular complexity index is 376. The molecule has 1 aliphatic rings. The minimum atomic E-state index is -0.581. The fourth-order valence-electron chi connectivity index (χ4n) is 2.16. The van der Waals surface area contributed by atoms with Crippen molar-refractivity contribution in [1.29, 1.82) is 0 Å². The Morgan fingerprint density at radius 3 is 2.43 bits per heavy atom. The Labute approximate surface area is 127 Å². The van der Waals surface area contributed by atoms with Gasteiger partial charge in [-0.25, -0.2) is 4.79 Å². The number of nitrogens with one attached hydrogen (secondary N) is 1. The second-order valence-electron chi connectivity index (χ2n) is 6.83. The maximum Gasteiger partial charge on any atom is 0.408 e. The number of rotatable bonds is 3. The van der Waals surface area contributed by atoms with Crippen LogP contribution in [0.15, 0.2) is 0 Å². The second-order valence-corrected chi connectivity index (χ2v) is 6.83. The molecule has 1 heterocycles. The number of ether oxygens (including phenoxy) is 2. The maximum absolute atomic E-state index is 12.6. The highest BCUT2D eigenvalue weighted by molar-refractivity contribution is 5.86. The number of hydrogen-bond donors (Lipinski definition) is 1. The predicted molar refractivity (Wildman–Crippen MR) is 80.0 cm³/mol. The standard InChI is InChI=1S/C15H28N2O4/c1-10(2)12(16-14(19)21-15(4,5)6)13(18)17-7-8-20-11(3)9-17/h10-12H,7-9H2,1-6H3,(H,16,19). The molecular formula is C15H28N2O4. The van der Waals surface area contributed by atoms with Crippen molar-refractivity contribution in [2.24, 2.45) is 5.92 Å². The average Bonchev–Trinajstić information content (AvgIpc) is 2.32. The fraction of sp³-hybridized carbons (Fsp3) is 0.867. The quantitative estimate of drug-likeness (QED) is 0.862. The van der Waals surface area contributed by atoms with E-state index in [1.54, 1.807) is 25.7 Å². The van der Waals surface area contributed by atoms with E-state index >= 15 is 0 Å². The third-order valence-electron chi connectivity index (χ3n) is 3.16. The van der Waals surface area contributed by atoms with E-state index in [0.717, 1.165) is 0 Å². The Morgan fingerprint density at radius 1 is 1.33 bits per heavy atom. The summed E-state index contributed by atoms with van der Waals surface area (Å²) >= 11 is 0. The van der Waals surface area contributed by atoms with Crippen LogP contribution in [-0.4, -0.2) is 54.3 Å². The lowest BCUT2D eigenvalue weighted by atomic mass is 10.0. The molecule has 0 aliphatic carbocycles. The lowest BCUT2D eigenvalue weighted by molar-refractivity contribution is -0.141. The summed E-state index contributed by atoms with van der Waals surface area (Å²) in [5.41, 5.74) is -0.581. The molecule has 0 aromatic rings. The minimum absolute atomic E-state index is 0.0110. The molecule has 6 heteroatoms. The molecule has 1 fully saturated rings. The molecule has 2 unspecified atom stereocenters. The maximum atomic E-state index is 12.6. The van der Waals surface area contributed by atoms with Gasteiger partial charge < -0.3 is 19.7 Å². The molecule has 2 amide bonds. The van der Waals surface area contributed by atoms with Crippen molar-refractivity contribution in [1.82, 2.24) is 10.2 Å². The van der Waals surface area contributed by atoms with Gasteiger partial charge >= 0.3 is 6.09 Å². The van der Waals surface area contributed by atoms with Crippen LogP contribution in [0.5, 0.6) is 0 Å². The first-order chi connectivity index (χ1) is 9.60. The van der Waals surface area contributed by atoms with Crippen molar-refractivity contribution >= 4 is 12.0 Å². The molecule has 1 saturated heterocycles. The molecule has 0 radical (unpaired) electrons. The molecule has 6 nitrogen and oxygen atoms in total. The summed E-state index contributed by atoms with van der Waals surface area (Å²) in [6.45, 7) is 12.8. The van der Waals surface area contributed by atoms with Crippen molar-refractivity contribution in [2.75, 3.05) is 19.7 Å². The number of carbonyl (C=O) groups is 2.